The summed E-state index contributed by atoms with van der Waals surface area (Å²) in [6.07, 6.45) is -1.77. The van der Waals surface area contributed by atoms with E-state index in [1.54, 1.807) is 0 Å². The van der Waals surface area contributed by atoms with Crippen LogP contribution >= 0.6 is 0 Å². The number of hydrogen-bond donors (Lipinski definition) is 3. The fraction of sp³-hybridized carbons (Fsp3) is 0.409. The normalized spacial score (nSPS) is 15.3. The summed E-state index contributed by atoms with van der Waals surface area (Å²) in [6, 6.07) is 0.663. The van der Waals surface area contributed by atoms with E-state index in [9.17, 15) is 32.3 Å². The Morgan fingerprint density at radius 2 is 1.94 bits per heavy atom. The van der Waals surface area contributed by atoms with Crippen molar-refractivity contribution in [2.45, 2.75) is 37.6 Å². The Bertz CT molecular complexity index is 947. The first-order chi connectivity index (χ1) is 16.1. The number of nitrogens with zero attached hydrogens (tertiary/aromatic N) is 2. The topological polar surface area (TPSA) is 134 Å². The molecular weight excluding hydrogens is 455 g/mol. The third-order valence-corrected chi connectivity index (χ3v) is 4.74. The fourth-order valence-electron chi connectivity index (χ4n) is 3.22. The van der Waals surface area contributed by atoms with Gasteiger partial charge < -0.3 is 30.9 Å². The van der Waals surface area contributed by atoms with Gasteiger partial charge in [-0.2, -0.15) is 13.2 Å². The predicted molar refractivity (Wildman–Crippen MR) is 120 cm³/mol. The Morgan fingerprint density at radius 1 is 1.29 bits per heavy atom. The highest BCUT2D eigenvalue weighted by Crippen LogP contribution is 2.28. The smallest absolute Gasteiger partial charge is 0.404 e. The van der Waals surface area contributed by atoms with Crippen LogP contribution in [0.25, 0.3) is 0 Å². The monoisotopic (exact) mass is 483 g/mol. The van der Waals surface area contributed by atoms with E-state index in [0.717, 1.165) is 6.21 Å². The predicted octanol–water partition coefficient (Wildman–Crippen LogP) is 1.23. The maximum atomic E-state index is 13.4. The molecule has 0 saturated carbocycles. The van der Waals surface area contributed by atoms with Crippen molar-refractivity contribution in [1.82, 2.24) is 15.5 Å². The molecule has 1 aliphatic rings. The average Bonchev–Trinajstić information content (AvgIpc) is 3.12. The molecule has 9 nitrogen and oxygen atoms in total. The molecule has 1 aromatic carbocycles. The number of nitrogens with two attached hydrogens (primary N) is 1. The summed E-state index contributed by atoms with van der Waals surface area (Å²) in [5.41, 5.74) is 5.35. The molecule has 0 radical (unpaired) electrons. The first-order valence-electron chi connectivity index (χ1n) is 10.2. The molecule has 0 bridgehead atoms. The van der Waals surface area contributed by atoms with E-state index in [0.29, 0.717) is 24.3 Å². The molecule has 1 heterocycles. The molecule has 2 rings (SSSR count). The number of rotatable bonds is 9. The van der Waals surface area contributed by atoms with Crippen molar-refractivity contribution in [2.75, 3.05) is 21.1 Å². The van der Waals surface area contributed by atoms with Crippen molar-refractivity contribution in [3.8, 4) is 0 Å². The number of halogens is 3. The average molecular weight is 483 g/mol. The van der Waals surface area contributed by atoms with Crippen LogP contribution in [0, 0.1) is 0 Å². The molecule has 0 aromatic heterocycles. The number of amides is 2. The Balaban J connectivity index is 0.00000182. The van der Waals surface area contributed by atoms with Crippen LogP contribution < -0.4 is 16.4 Å². The lowest BCUT2D eigenvalue weighted by atomic mass is 10.0. The zero-order valence-corrected chi connectivity index (χ0v) is 19.1. The number of alkyl halides is 3. The SMILES string of the molecule is CN=C/C(=C\N)[C@@H](NC(=O)c1ccc2c(c1)CN(C(C=O)CCC=O)C2=O)C(F)(F)F.CNC. The Labute approximate surface area is 195 Å². The van der Waals surface area contributed by atoms with Gasteiger partial charge in [0.05, 0.1) is 6.04 Å². The van der Waals surface area contributed by atoms with Gasteiger partial charge in [-0.3, -0.25) is 14.6 Å². The van der Waals surface area contributed by atoms with Gasteiger partial charge in [-0.1, -0.05) is 0 Å². The molecule has 4 N–H and O–H groups in total. The van der Waals surface area contributed by atoms with E-state index in [1.165, 1.54) is 30.1 Å². The third kappa shape index (κ3) is 7.24. The van der Waals surface area contributed by atoms with Gasteiger partial charge in [0.25, 0.3) is 11.8 Å². The summed E-state index contributed by atoms with van der Waals surface area (Å²) in [6.45, 7) is -0.00328. The van der Waals surface area contributed by atoms with Gasteiger partial charge in [0, 0.05) is 49.1 Å². The molecular formula is C22H28F3N5O4. The van der Waals surface area contributed by atoms with Crippen molar-refractivity contribution in [3.63, 3.8) is 0 Å². The van der Waals surface area contributed by atoms with E-state index in [1.807, 2.05) is 19.4 Å². The van der Waals surface area contributed by atoms with E-state index in [-0.39, 0.29) is 30.5 Å². The summed E-state index contributed by atoms with van der Waals surface area (Å²) in [5.74, 6) is -1.47. The van der Waals surface area contributed by atoms with Crippen LogP contribution in [-0.2, 0) is 16.1 Å². The molecule has 2 atom stereocenters. The molecule has 34 heavy (non-hydrogen) atoms. The van der Waals surface area contributed by atoms with Gasteiger partial charge in [0.15, 0.2) is 6.04 Å². The van der Waals surface area contributed by atoms with Gasteiger partial charge in [0.1, 0.15) is 12.6 Å². The largest absolute Gasteiger partial charge is 0.412 e. The highest BCUT2D eigenvalue weighted by molar-refractivity contribution is 6.02. The molecule has 2 amide bonds. The lowest BCUT2D eigenvalue weighted by Gasteiger charge is -2.22. The Kier molecular flexibility index (Phi) is 11.1. The Hall–Kier alpha value is -3.54. The van der Waals surface area contributed by atoms with Crippen LogP contribution in [-0.4, -0.2) is 74.9 Å². The number of aliphatic imine (C=N–C) groups is 1. The van der Waals surface area contributed by atoms with Crippen LogP contribution in [0.3, 0.4) is 0 Å². The standard InChI is InChI=1S/C20H21F3N4O4.C2H7N/c1-25-9-14(8-24)17(20(21,22)23)26-18(30)12-4-5-16-13(7-12)10-27(19(16)31)15(11-29)3-2-6-28;1-3-2/h4-9,11,15,17H,2-3,10,24H2,1H3,(H,26,30);3H,1-2H3/b14-8+,25-9?;/t15?,17-;/m1./s1. The maximum absolute atomic E-state index is 13.4. The van der Waals surface area contributed by atoms with Gasteiger partial charge in [-0.15, -0.1) is 0 Å². The number of carbonyl (C=O) groups excluding carboxylic acids is 4. The second-order valence-corrected chi connectivity index (χ2v) is 7.25. The summed E-state index contributed by atoms with van der Waals surface area (Å²) in [4.78, 5) is 51.7. The van der Waals surface area contributed by atoms with E-state index >= 15 is 0 Å². The fourth-order valence-corrected chi connectivity index (χ4v) is 3.22. The minimum Gasteiger partial charge on any atom is -0.404 e. The molecule has 186 valence electrons. The second kappa shape index (κ2) is 13.2. The number of carbonyl (C=O) groups is 4. The van der Waals surface area contributed by atoms with E-state index in [2.05, 4.69) is 10.3 Å². The maximum Gasteiger partial charge on any atom is 0.412 e. The molecule has 12 heteroatoms. The van der Waals surface area contributed by atoms with Crippen molar-refractivity contribution < 1.29 is 32.3 Å². The zero-order valence-electron chi connectivity index (χ0n) is 19.1. The van der Waals surface area contributed by atoms with Crippen LogP contribution in [0.5, 0.6) is 0 Å². The molecule has 1 aliphatic heterocycles. The van der Waals surface area contributed by atoms with E-state index < -0.39 is 35.6 Å². The summed E-state index contributed by atoms with van der Waals surface area (Å²) >= 11 is 0. The van der Waals surface area contributed by atoms with E-state index in [4.69, 9.17) is 5.73 Å². The van der Waals surface area contributed by atoms with Gasteiger partial charge in [-0.05, 0) is 44.3 Å². The lowest BCUT2D eigenvalue weighted by Crippen LogP contribution is -2.47. The number of nitrogens with one attached hydrogen (secondary N) is 2. The number of benzene rings is 1. The second-order valence-electron chi connectivity index (χ2n) is 7.25. The van der Waals surface area contributed by atoms with Crippen LogP contribution in [0.4, 0.5) is 13.2 Å². The van der Waals surface area contributed by atoms with Crippen molar-refractivity contribution >= 4 is 30.6 Å². The van der Waals surface area contributed by atoms with Crippen LogP contribution in [0.1, 0.15) is 39.1 Å². The summed E-state index contributed by atoms with van der Waals surface area (Å²) in [5, 5.41) is 4.64. The number of fused-ring (bicyclic) bond motifs is 1. The summed E-state index contributed by atoms with van der Waals surface area (Å²) < 4.78 is 40.3. The van der Waals surface area contributed by atoms with Crippen molar-refractivity contribution in [3.05, 3.63) is 46.7 Å². The Morgan fingerprint density at radius 3 is 2.44 bits per heavy atom. The molecule has 0 fully saturated rings. The molecule has 1 unspecified atom stereocenters. The first kappa shape index (κ1) is 28.5. The summed E-state index contributed by atoms with van der Waals surface area (Å²) in [7, 11) is 5.02. The van der Waals surface area contributed by atoms with Crippen molar-refractivity contribution in [2.24, 2.45) is 10.7 Å². The first-order valence-corrected chi connectivity index (χ1v) is 10.2. The highest BCUT2D eigenvalue weighted by atomic mass is 19.4. The third-order valence-electron chi connectivity index (χ3n) is 4.74. The minimum atomic E-state index is -4.82. The van der Waals surface area contributed by atoms with Gasteiger partial charge in [-0.25, -0.2) is 0 Å². The van der Waals surface area contributed by atoms with Crippen LogP contribution in [0.2, 0.25) is 0 Å². The molecule has 0 spiro atoms. The molecule has 1 aromatic rings. The minimum absolute atomic E-state index is 0.00328. The zero-order chi connectivity index (χ0) is 25.9. The number of hydrogen-bond acceptors (Lipinski definition) is 7. The van der Waals surface area contributed by atoms with Gasteiger partial charge in [0.2, 0.25) is 0 Å². The quantitative estimate of drug-likeness (QED) is 0.357. The van der Waals surface area contributed by atoms with Gasteiger partial charge >= 0.3 is 6.18 Å². The lowest BCUT2D eigenvalue weighted by molar-refractivity contribution is -0.143. The van der Waals surface area contributed by atoms with Crippen molar-refractivity contribution in [1.29, 1.82) is 0 Å². The molecule has 0 saturated heterocycles. The highest BCUT2D eigenvalue weighted by Gasteiger charge is 2.43. The molecule has 0 aliphatic carbocycles. The van der Waals surface area contributed by atoms with Crippen LogP contribution in [0.15, 0.2) is 35.0 Å². The number of aldehydes is 2.